The van der Waals surface area contributed by atoms with Crippen LogP contribution in [0.5, 0.6) is 5.75 Å². The van der Waals surface area contributed by atoms with Crippen molar-refractivity contribution >= 4 is 29.9 Å². The van der Waals surface area contributed by atoms with Gasteiger partial charge in [0.25, 0.3) is 0 Å². The van der Waals surface area contributed by atoms with Gasteiger partial charge in [-0.3, -0.25) is 5.41 Å². The monoisotopic (exact) mass is 402 g/mol. The summed E-state index contributed by atoms with van der Waals surface area (Å²) in [6.07, 6.45) is 0.551. The number of nitrogens with one attached hydrogen (secondary N) is 1. The first-order valence-electron chi connectivity index (χ1n) is 8.19. The second kappa shape index (κ2) is 9.95. The number of aromatic nitrogens is 1. The summed E-state index contributed by atoms with van der Waals surface area (Å²) in [5, 5.41) is 8.41. The minimum absolute atomic E-state index is 0. The van der Waals surface area contributed by atoms with Gasteiger partial charge < -0.3 is 9.47 Å². The Balaban J connectivity index is 0.00000261. The Hall–Kier alpha value is -2.56. The molecule has 3 rings (SSSR count). The fourth-order valence-electron chi connectivity index (χ4n) is 2.57. The smallest absolute Gasteiger partial charge is 0.232 e. The number of halogens is 2. The van der Waals surface area contributed by atoms with Crippen molar-refractivity contribution in [3.8, 4) is 5.75 Å². The van der Waals surface area contributed by atoms with E-state index in [1.54, 1.807) is 6.07 Å². The van der Waals surface area contributed by atoms with E-state index in [1.165, 1.54) is 7.11 Å². The average molecular weight is 403 g/mol. The molecular formula is C21H20Cl2N2O2. The van der Waals surface area contributed by atoms with Crippen LogP contribution < -0.4 is 4.74 Å². The second-order valence-electron chi connectivity index (χ2n) is 5.75. The minimum Gasteiger partial charge on any atom is -0.489 e. The third-order valence-electron chi connectivity index (χ3n) is 3.87. The summed E-state index contributed by atoms with van der Waals surface area (Å²) in [5.74, 6) is 0.811. The predicted molar refractivity (Wildman–Crippen MR) is 110 cm³/mol. The van der Waals surface area contributed by atoms with Crippen LogP contribution >= 0.6 is 24.0 Å². The minimum atomic E-state index is 0. The molecule has 140 valence electrons. The molecule has 0 radical (unpaired) electrons. The molecule has 0 aliphatic carbocycles. The molecule has 0 spiro atoms. The summed E-state index contributed by atoms with van der Waals surface area (Å²) in [5.41, 5.74) is 3.36. The van der Waals surface area contributed by atoms with Crippen LogP contribution in [-0.2, 0) is 17.8 Å². The van der Waals surface area contributed by atoms with Crippen molar-refractivity contribution in [2.24, 2.45) is 0 Å². The molecule has 0 atom stereocenters. The van der Waals surface area contributed by atoms with Crippen molar-refractivity contribution in [3.05, 3.63) is 94.3 Å². The first kappa shape index (κ1) is 20.7. The molecule has 2 aromatic carbocycles. The van der Waals surface area contributed by atoms with Gasteiger partial charge in [0.1, 0.15) is 18.1 Å². The van der Waals surface area contributed by atoms with Gasteiger partial charge in [0.2, 0.25) is 5.90 Å². The van der Waals surface area contributed by atoms with Crippen LogP contribution in [0.25, 0.3) is 0 Å². The van der Waals surface area contributed by atoms with Gasteiger partial charge in [-0.1, -0.05) is 48.0 Å². The molecule has 0 saturated heterocycles. The topological polar surface area (TPSA) is 55.2 Å². The zero-order chi connectivity index (χ0) is 18.4. The molecule has 0 fully saturated rings. The van der Waals surface area contributed by atoms with Gasteiger partial charge in [-0.2, -0.15) is 0 Å². The lowest BCUT2D eigenvalue weighted by atomic mass is 10.1. The predicted octanol–water partition coefficient (Wildman–Crippen LogP) is 5.30. The molecule has 1 heterocycles. The molecule has 1 N–H and O–H groups in total. The number of hydrogen-bond acceptors (Lipinski definition) is 4. The Morgan fingerprint density at radius 3 is 2.56 bits per heavy atom. The maximum atomic E-state index is 7.76. The maximum Gasteiger partial charge on any atom is 0.232 e. The van der Waals surface area contributed by atoms with Crippen molar-refractivity contribution in [2.45, 2.75) is 13.0 Å². The summed E-state index contributed by atoms with van der Waals surface area (Å²) in [6, 6.07) is 21.1. The number of hydrogen-bond donors (Lipinski definition) is 1. The van der Waals surface area contributed by atoms with Crippen LogP contribution in [0.2, 0.25) is 5.02 Å². The SMILES string of the molecule is COC(=N)c1cccc(Cc2cc(Cl)ccc2OCc2ccccc2)n1.Cl. The third kappa shape index (κ3) is 5.71. The second-order valence-corrected chi connectivity index (χ2v) is 6.19. The number of pyridine rings is 1. The van der Waals surface area contributed by atoms with Gasteiger partial charge in [0, 0.05) is 22.7 Å². The molecule has 0 aliphatic rings. The highest BCUT2D eigenvalue weighted by Gasteiger charge is 2.10. The fourth-order valence-corrected chi connectivity index (χ4v) is 2.76. The van der Waals surface area contributed by atoms with Crippen molar-refractivity contribution in [1.29, 1.82) is 5.41 Å². The lowest BCUT2D eigenvalue weighted by Gasteiger charge is -2.12. The summed E-state index contributed by atoms with van der Waals surface area (Å²) in [7, 11) is 1.46. The van der Waals surface area contributed by atoms with E-state index in [2.05, 4.69) is 4.98 Å². The van der Waals surface area contributed by atoms with Crippen LogP contribution in [-0.4, -0.2) is 18.0 Å². The number of benzene rings is 2. The fraction of sp³-hybridized carbons (Fsp3) is 0.143. The molecule has 0 aliphatic heterocycles. The Bertz CT molecular complexity index is 902. The highest BCUT2D eigenvalue weighted by molar-refractivity contribution is 6.30. The van der Waals surface area contributed by atoms with Gasteiger partial charge in [0.15, 0.2) is 0 Å². The van der Waals surface area contributed by atoms with Gasteiger partial charge in [-0.15, -0.1) is 12.4 Å². The molecule has 0 bridgehead atoms. The van der Waals surface area contributed by atoms with Crippen molar-refractivity contribution in [3.63, 3.8) is 0 Å². The van der Waals surface area contributed by atoms with Crippen molar-refractivity contribution in [1.82, 2.24) is 4.98 Å². The summed E-state index contributed by atoms with van der Waals surface area (Å²) in [6.45, 7) is 0.483. The normalized spacial score (nSPS) is 10.0. The van der Waals surface area contributed by atoms with E-state index in [-0.39, 0.29) is 18.3 Å². The van der Waals surface area contributed by atoms with E-state index >= 15 is 0 Å². The number of rotatable bonds is 6. The number of ether oxygens (including phenoxy) is 2. The molecule has 0 unspecified atom stereocenters. The standard InChI is InChI=1S/C21H19ClN2O2.ClH/c1-25-21(23)19-9-5-8-18(24-19)13-16-12-17(22)10-11-20(16)26-14-15-6-3-2-4-7-15;/h2-12,23H,13-14H2,1H3;1H. The molecule has 0 saturated carbocycles. The summed E-state index contributed by atoms with van der Waals surface area (Å²) in [4.78, 5) is 4.48. The van der Waals surface area contributed by atoms with E-state index in [1.807, 2.05) is 60.7 Å². The Morgan fingerprint density at radius 1 is 1.04 bits per heavy atom. The number of methoxy groups -OCH3 is 1. The Kier molecular flexibility index (Phi) is 7.65. The zero-order valence-corrected chi connectivity index (χ0v) is 16.4. The lowest BCUT2D eigenvalue weighted by Crippen LogP contribution is -2.06. The molecule has 1 aromatic heterocycles. The summed E-state index contributed by atoms with van der Waals surface area (Å²) < 4.78 is 10.9. The van der Waals surface area contributed by atoms with Gasteiger partial charge in [0.05, 0.1) is 7.11 Å². The van der Waals surface area contributed by atoms with E-state index in [4.69, 9.17) is 26.5 Å². The molecule has 3 aromatic rings. The molecule has 0 amide bonds. The molecular weight excluding hydrogens is 383 g/mol. The van der Waals surface area contributed by atoms with E-state index in [0.29, 0.717) is 23.7 Å². The quantitative estimate of drug-likeness (QED) is 0.449. The lowest BCUT2D eigenvalue weighted by molar-refractivity contribution is 0.303. The van der Waals surface area contributed by atoms with Gasteiger partial charge >= 0.3 is 0 Å². The maximum absolute atomic E-state index is 7.76. The van der Waals surface area contributed by atoms with Crippen LogP contribution in [0.15, 0.2) is 66.7 Å². The summed E-state index contributed by atoms with van der Waals surface area (Å²) >= 11 is 6.17. The number of nitrogens with zero attached hydrogens (tertiary/aromatic N) is 1. The highest BCUT2D eigenvalue weighted by Crippen LogP contribution is 2.26. The average Bonchev–Trinajstić information content (AvgIpc) is 2.68. The highest BCUT2D eigenvalue weighted by atomic mass is 35.5. The van der Waals surface area contributed by atoms with Crippen LogP contribution in [0.3, 0.4) is 0 Å². The van der Waals surface area contributed by atoms with Gasteiger partial charge in [-0.05, 0) is 35.9 Å². The van der Waals surface area contributed by atoms with E-state index < -0.39 is 0 Å². The zero-order valence-electron chi connectivity index (χ0n) is 14.8. The molecule has 27 heavy (non-hydrogen) atoms. The van der Waals surface area contributed by atoms with Crippen molar-refractivity contribution in [2.75, 3.05) is 7.11 Å². The Labute approximate surface area is 170 Å². The largest absolute Gasteiger partial charge is 0.489 e. The van der Waals surface area contributed by atoms with E-state index in [0.717, 1.165) is 22.6 Å². The van der Waals surface area contributed by atoms with Crippen molar-refractivity contribution < 1.29 is 9.47 Å². The first-order valence-corrected chi connectivity index (χ1v) is 8.57. The van der Waals surface area contributed by atoms with Crippen LogP contribution in [0, 0.1) is 5.41 Å². The van der Waals surface area contributed by atoms with Crippen LogP contribution in [0.1, 0.15) is 22.5 Å². The van der Waals surface area contributed by atoms with E-state index in [9.17, 15) is 0 Å². The first-order chi connectivity index (χ1) is 12.7. The Morgan fingerprint density at radius 2 is 1.81 bits per heavy atom. The third-order valence-corrected chi connectivity index (χ3v) is 4.11. The van der Waals surface area contributed by atoms with Crippen LogP contribution in [0.4, 0.5) is 0 Å². The van der Waals surface area contributed by atoms with Gasteiger partial charge in [-0.25, -0.2) is 4.98 Å². The molecule has 4 nitrogen and oxygen atoms in total. The molecule has 6 heteroatoms.